The molecule has 0 bridgehead atoms. The fourth-order valence-electron chi connectivity index (χ4n) is 2.43. The Kier molecular flexibility index (Phi) is 3.46. The van der Waals surface area contributed by atoms with Crippen LogP contribution in [0.5, 0.6) is 0 Å². The van der Waals surface area contributed by atoms with Gasteiger partial charge in [0.05, 0.1) is 11.9 Å². The standard InChI is InChI=1S/C14H13N5O4/c20-13(11-8-3-1-5-15-12(8)19-22-11)16-7-10-17-14(23-18-10)9-4-2-6-21-9/h1,3,5,9H,2,4,6-7H2,(H,16,20). The van der Waals surface area contributed by atoms with Crippen molar-refractivity contribution in [2.45, 2.75) is 25.5 Å². The summed E-state index contributed by atoms with van der Waals surface area (Å²) < 4.78 is 15.7. The zero-order valence-electron chi connectivity index (χ0n) is 12.1. The van der Waals surface area contributed by atoms with Crippen molar-refractivity contribution >= 4 is 16.9 Å². The van der Waals surface area contributed by atoms with Gasteiger partial charge in [0.2, 0.25) is 11.4 Å². The van der Waals surface area contributed by atoms with Gasteiger partial charge in [-0.05, 0) is 25.0 Å². The number of pyridine rings is 1. The molecule has 9 heteroatoms. The summed E-state index contributed by atoms with van der Waals surface area (Å²) in [4.78, 5) is 20.4. The van der Waals surface area contributed by atoms with E-state index in [1.807, 2.05) is 0 Å². The monoisotopic (exact) mass is 315 g/mol. The molecule has 23 heavy (non-hydrogen) atoms. The van der Waals surface area contributed by atoms with Crippen molar-refractivity contribution < 1.29 is 18.6 Å². The van der Waals surface area contributed by atoms with Crippen molar-refractivity contribution in [3.8, 4) is 0 Å². The van der Waals surface area contributed by atoms with E-state index < -0.39 is 5.91 Å². The number of nitrogens with one attached hydrogen (secondary N) is 1. The van der Waals surface area contributed by atoms with Crippen LogP contribution in [0.1, 0.15) is 41.2 Å². The van der Waals surface area contributed by atoms with E-state index in [2.05, 4.69) is 25.6 Å². The first-order valence-corrected chi connectivity index (χ1v) is 7.24. The summed E-state index contributed by atoms with van der Waals surface area (Å²) in [6, 6.07) is 3.43. The number of amides is 1. The molecular weight excluding hydrogens is 302 g/mol. The van der Waals surface area contributed by atoms with Crippen LogP contribution in [0.3, 0.4) is 0 Å². The van der Waals surface area contributed by atoms with E-state index in [9.17, 15) is 4.79 Å². The number of hydrogen-bond donors (Lipinski definition) is 1. The Morgan fingerprint density at radius 3 is 3.17 bits per heavy atom. The Labute approximate surface area is 130 Å². The van der Waals surface area contributed by atoms with Gasteiger partial charge in [-0.3, -0.25) is 4.79 Å². The number of carbonyl (C=O) groups is 1. The van der Waals surface area contributed by atoms with Gasteiger partial charge in [0.15, 0.2) is 5.82 Å². The van der Waals surface area contributed by atoms with E-state index >= 15 is 0 Å². The highest BCUT2D eigenvalue weighted by Gasteiger charge is 2.24. The summed E-state index contributed by atoms with van der Waals surface area (Å²) in [6.45, 7) is 0.823. The lowest BCUT2D eigenvalue weighted by atomic mass is 10.2. The van der Waals surface area contributed by atoms with Crippen molar-refractivity contribution in [3.05, 3.63) is 35.8 Å². The summed E-state index contributed by atoms with van der Waals surface area (Å²) in [6.07, 6.45) is 3.28. The van der Waals surface area contributed by atoms with E-state index in [1.165, 1.54) is 0 Å². The van der Waals surface area contributed by atoms with Gasteiger partial charge in [-0.25, -0.2) is 4.98 Å². The van der Waals surface area contributed by atoms with E-state index in [1.54, 1.807) is 18.3 Å². The van der Waals surface area contributed by atoms with Crippen LogP contribution in [0.25, 0.3) is 11.0 Å². The lowest BCUT2D eigenvalue weighted by Crippen LogP contribution is -2.23. The fraction of sp³-hybridized carbons (Fsp3) is 0.357. The molecule has 118 valence electrons. The molecule has 0 aromatic carbocycles. The van der Waals surface area contributed by atoms with Gasteiger partial charge >= 0.3 is 0 Å². The second-order valence-corrected chi connectivity index (χ2v) is 5.12. The molecule has 4 heterocycles. The van der Waals surface area contributed by atoms with Gasteiger partial charge in [0.1, 0.15) is 6.10 Å². The molecule has 1 N–H and O–H groups in total. The summed E-state index contributed by atoms with van der Waals surface area (Å²) in [5.41, 5.74) is 0.387. The van der Waals surface area contributed by atoms with Crippen molar-refractivity contribution in [3.63, 3.8) is 0 Å². The first-order chi connectivity index (χ1) is 11.3. The Morgan fingerprint density at radius 1 is 1.35 bits per heavy atom. The predicted molar refractivity (Wildman–Crippen MR) is 75.2 cm³/mol. The molecule has 9 nitrogen and oxygen atoms in total. The maximum Gasteiger partial charge on any atom is 0.291 e. The molecule has 0 radical (unpaired) electrons. The average molecular weight is 315 g/mol. The van der Waals surface area contributed by atoms with Crippen LogP contribution in [-0.2, 0) is 11.3 Å². The summed E-state index contributed by atoms with van der Waals surface area (Å²) in [5, 5.41) is 10.8. The number of ether oxygens (including phenoxy) is 1. The summed E-state index contributed by atoms with van der Waals surface area (Å²) in [5.74, 6) is 0.520. The van der Waals surface area contributed by atoms with Crippen molar-refractivity contribution in [2.24, 2.45) is 0 Å². The topological polar surface area (TPSA) is 116 Å². The first kappa shape index (κ1) is 13.8. The fourth-order valence-corrected chi connectivity index (χ4v) is 2.43. The minimum atomic E-state index is -0.413. The predicted octanol–water partition coefficient (Wildman–Crippen LogP) is 1.39. The number of carbonyl (C=O) groups excluding carboxylic acids is 1. The molecule has 1 unspecified atom stereocenters. The maximum atomic E-state index is 12.2. The van der Waals surface area contributed by atoms with E-state index in [0.29, 0.717) is 29.4 Å². The minimum absolute atomic E-state index is 0.107. The number of hydrogen-bond acceptors (Lipinski definition) is 8. The Hall–Kier alpha value is -2.81. The lowest BCUT2D eigenvalue weighted by molar-refractivity contribution is 0.0835. The molecular formula is C14H13N5O4. The SMILES string of the molecule is O=C(NCc1noc(C2CCCO2)n1)c1onc2ncccc12. The van der Waals surface area contributed by atoms with Crippen LogP contribution in [0.4, 0.5) is 0 Å². The highest BCUT2D eigenvalue weighted by Crippen LogP contribution is 2.26. The van der Waals surface area contributed by atoms with Crippen molar-refractivity contribution in [1.82, 2.24) is 25.6 Å². The zero-order chi connectivity index (χ0) is 15.6. The van der Waals surface area contributed by atoms with Crippen molar-refractivity contribution in [2.75, 3.05) is 6.61 Å². The molecule has 0 aliphatic carbocycles. The second kappa shape index (κ2) is 5.76. The highest BCUT2D eigenvalue weighted by atomic mass is 16.5. The third-order valence-electron chi connectivity index (χ3n) is 3.56. The van der Waals surface area contributed by atoms with E-state index in [4.69, 9.17) is 13.8 Å². The number of nitrogens with zero attached hydrogens (tertiary/aromatic N) is 4. The van der Waals surface area contributed by atoms with E-state index in [0.717, 1.165) is 12.8 Å². The quantitative estimate of drug-likeness (QED) is 0.767. The highest BCUT2D eigenvalue weighted by molar-refractivity contribution is 6.02. The molecule has 1 atom stereocenters. The molecule has 1 aliphatic rings. The van der Waals surface area contributed by atoms with Crippen LogP contribution < -0.4 is 5.32 Å². The van der Waals surface area contributed by atoms with Crippen LogP contribution in [-0.4, -0.2) is 32.8 Å². The summed E-state index contributed by atoms with van der Waals surface area (Å²) in [7, 11) is 0. The summed E-state index contributed by atoms with van der Waals surface area (Å²) >= 11 is 0. The molecule has 1 aliphatic heterocycles. The molecule has 1 amide bonds. The van der Waals surface area contributed by atoms with Gasteiger partial charge in [0, 0.05) is 12.8 Å². The number of rotatable bonds is 4. The third kappa shape index (κ3) is 2.66. The Morgan fingerprint density at radius 2 is 2.30 bits per heavy atom. The average Bonchev–Trinajstić information content (AvgIpc) is 3.31. The maximum absolute atomic E-state index is 12.2. The lowest BCUT2D eigenvalue weighted by Gasteiger charge is -2.01. The Balaban J connectivity index is 1.43. The molecule has 0 spiro atoms. The molecule has 3 aromatic rings. The smallest absolute Gasteiger partial charge is 0.291 e. The minimum Gasteiger partial charge on any atom is -0.368 e. The van der Waals surface area contributed by atoms with Crippen LogP contribution in [0.15, 0.2) is 27.4 Å². The third-order valence-corrected chi connectivity index (χ3v) is 3.56. The van der Waals surface area contributed by atoms with Gasteiger partial charge in [-0.2, -0.15) is 4.98 Å². The molecule has 3 aromatic heterocycles. The molecule has 1 fully saturated rings. The first-order valence-electron chi connectivity index (χ1n) is 7.24. The van der Waals surface area contributed by atoms with Gasteiger partial charge in [-0.15, -0.1) is 0 Å². The van der Waals surface area contributed by atoms with Crippen LogP contribution in [0, 0.1) is 0 Å². The molecule has 1 saturated heterocycles. The van der Waals surface area contributed by atoms with Crippen molar-refractivity contribution in [1.29, 1.82) is 0 Å². The zero-order valence-corrected chi connectivity index (χ0v) is 12.1. The number of fused-ring (bicyclic) bond motifs is 1. The van der Waals surface area contributed by atoms with E-state index in [-0.39, 0.29) is 18.4 Å². The van der Waals surface area contributed by atoms with Gasteiger partial charge in [-0.1, -0.05) is 10.3 Å². The largest absolute Gasteiger partial charge is 0.368 e. The number of aromatic nitrogens is 4. The Bertz CT molecular complexity index is 836. The van der Waals surface area contributed by atoms with Gasteiger partial charge in [0.25, 0.3) is 11.8 Å². The van der Waals surface area contributed by atoms with Gasteiger partial charge < -0.3 is 19.1 Å². The van der Waals surface area contributed by atoms with Crippen LogP contribution in [0.2, 0.25) is 0 Å². The normalized spacial score (nSPS) is 17.7. The molecule has 0 saturated carbocycles. The van der Waals surface area contributed by atoms with Crippen LogP contribution >= 0.6 is 0 Å². The second-order valence-electron chi connectivity index (χ2n) is 5.12. The molecule has 4 rings (SSSR count).